The summed E-state index contributed by atoms with van der Waals surface area (Å²) >= 11 is 0. The molecule has 0 saturated carbocycles. The molecule has 0 spiro atoms. The van der Waals surface area contributed by atoms with Crippen LogP contribution in [0.5, 0.6) is 0 Å². The van der Waals surface area contributed by atoms with Gasteiger partial charge >= 0.3 is 0 Å². The summed E-state index contributed by atoms with van der Waals surface area (Å²) in [5.74, 6) is 1.44. The van der Waals surface area contributed by atoms with E-state index in [1.807, 2.05) is 0 Å². The quantitative estimate of drug-likeness (QED) is 0.122. The second-order valence-corrected chi connectivity index (χ2v) is 36.3. The van der Waals surface area contributed by atoms with Crippen LogP contribution in [0.2, 0.25) is 0 Å². The standard InChI is InChI=1S/2C62H45N5/c1-38-21-25-42(26-22-38)53-37-54(64-62(63-53)43-27-23-39(2)24-28-43)50-33-41(4)61(34-40(50)3)67-59-31-29-44(65-55-17-9-5-13-46(55)47-14-6-10-18-56(47)65)35-51(59)52-36-45(30-32-60(52)67)66-57-19-11-7-15-48(57)49-16-8-12-20-58(49)66;1-38-21-25-42(26-22-38)53-37-54(64-62(63-53)43-27-23-39(2)24-28-43)61-40(3)33-46(34-41(61)4)67-59-31-29-44(65-55-17-9-5-13-47(55)48-14-6-10-18-56(48)65)35-51(59)52-36-45(30-32-60(52)67)66-57-19-11-7-15-49(57)50-16-8-12-20-58(50)66/h2*5-37H,1-4H3. The van der Waals surface area contributed by atoms with Gasteiger partial charge in [0.25, 0.3) is 0 Å². The summed E-state index contributed by atoms with van der Waals surface area (Å²) in [4.78, 5) is 20.8. The molecule has 0 unspecified atom stereocenters. The lowest BCUT2D eigenvalue weighted by molar-refractivity contribution is 1.13. The maximum atomic E-state index is 5.29. The Morgan fingerprint density at radius 3 is 0.716 bits per heavy atom. The average Bonchev–Trinajstić information content (AvgIpc) is 1.56. The normalized spacial score (nSPS) is 11.9. The highest BCUT2D eigenvalue weighted by molar-refractivity contribution is 6.17. The lowest BCUT2D eigenvalue weighted by Gasteiger charge is -2.17. The SMILES string of the molecule is Cc1ccc(-c2cc(-c3c(C)cc(-n4c5ccc(-n6c7ccccc7c7ccccc76)cc5c5cc(-n6c7ccccc7c7ccccc76)ccc54)cc3C)nc(-c3ccc(C)cc3)n2)cc1.Cc1ccc(-c2cc(-c3cc(C)c(-n4c5ccc(-n6c7ccccc7c7ccccc76)cc5c5cc(-n6c7ccccc7c7ccccc76)ccc54)cc3C)nc(-c3ccc(C)cc3)n2)cc1. The minimum Gasteiger partial charge on any atom is -0.309 e. The van der Waals surface area contributed by atoms with Crippen LogP contribution in [0.15, 0.2) is 400 Å². The molecule has 0 aliphatic heterocycles. The van der Waals surface area contributed by atoms with Crippen molar-refractivity contribution >= 4 is 131 Å². The Balaban J connectivity index is 0.000000143. The van der Waals surface area contributed by atoms with Crippen LogP contribution in [0.4, 0.5) is 0 Å². The minimum absolute atomic E-state index is 0.717. The Bertz CT molecular complexity index is 8620. The third-order valence-electron chi connectivity index (χ3n) is 27.7. The third-order valence-corrected chi connectivity index (χ3v) is 27.7. The van der Waals surface area contributed by atoms with Gasteiger partial charge in [-0.3, -0.25) is 0 Å². The molecular formula is C124H90N10. The Morgan fingerprint density at radius 1 is 0.164 bits per heavy atom. The van der Waals surface area contributed by atoms with Crippen molar-refractivity contribution in [2.75, 3.05) is 0 Å². The van der Waals surface area contributed by atoms with Crippen LogP contribution in [-0.2, 0) is 0 Å². The topological polar surface area (TPSA) is 81.1 Å². The number of aryl methyl sites for hydroxylation is 8. The fourth-order valence-corrected chi connectivity index (χ4v) is 21.3. The van der Waals surface area contributed by atoms with Gasteiger partial charge in [-0.25, -0.2) is 19.9 Å². The molecule has 0 radical (unpaired) electrons. The van der Waals surface area contributed by atoms with Crippen LogP contribution in [0.3, 0.4) is 0 Å². The number of aromatic nitrogens is 10. The first-order valence-corrected chi connectivity index (χ1v) is 46.1. The van der Waals surface area contributed by atoms with Crippen molar-refractivity contribution < 1.29 is 0 Å². The molecular weight excluding hydrogens is 1630 g/mol. The van der Waals surface area contributed by atoms with E-state index in [-0.39, 0.29) is 0 Å². The summed E-state index contributed by atoms with van der Waals surface area (Å²) < 4.78 is 14.6. The van der Waals surface area contributed by atoms with Gasteiger partial charge in [-0.1, -0.05) is 265 Å². The number of nitrogens with zero attached hydrogens (tertiary/aromatic N) is 10. The third kappa shape index (κ3) is 13.0. The second kappa shape index (κ2) is 31.4. The summed E-state index contributed by atoms with van der Waals surface area (Å²) in [6, 6.07) is 146. The van der Waals surface area contributed by atoms with Gasteiger partial charge in [0.1, 0.15) is 0 Å². The van der Waals surface area contributed by atoms with E-state index in [1.54, 1.807) is 0 Å². The number of benzene rings is 18. The molecule has 0 saturated heterocycles. The molecule has 0 bridgehead atoms. The van der Waals surface area contributed by atoms with Crippen molar-refractivity contribution in [3.63, 3.8) is 0 Å². The fraction of sp³-hybridized carbons (Fsp3) is 0.0645. The van der Waals surface area contributed by atoms with Crippen LogP contribution in [0.25, 0.3) is 233 Å². The average molecular weight is 1720 g/mol. The van der Waals surface area contributed by atoms with Crippen molar-refractivity contribution in [3.8, 4) is 102 Å². The van der Waals surface area contributed by atoms with E-state index in [1.165, 1.54) is 131 Å². The summed E-state index contributed by atoms with van der Waals surface area (Å²) in [6.07, 6.45) is 0. The summed E-state index contributed by atoms with van der Waals surface area (Å²) in [7, 11) is 0. The predicted octanol–water partition coefficient (Wildman–Crippen LogP) is 32.0. The van der Waals surface area contributed by atoms with E-state index in [4.69, 9.17) is 19.9 Å². The molecule has 0 atom stereocenters. The van der Waals surface area contributed by atoms with Gasteiger partial charge in [-0.2, -0.15) is 0 Å². The van der Waals surface area contributed by atoms with Gasteiger partial charge in [0.05, 0.1) is 89.0 Å². The lowest BCUT2D eigenvalue weighted by atomic mass is 9.97. The molecule has 0 amide bonds. The van der Waals surface area contributed by atoms with Gasteiger partial charge < -0.3 is 27.4 Å². The molecule has 10 nitrogen and oxygen atoms in total. The molecule has 18 aromatic carbocycles. The Kier molecular flexibility index (Phi) is 18.5. The highest BCUT2D eigenvalue weighted by Gasteiger charge is 2.26. The first kappa shape index (κ1) is 79.1. The second-order valence-electron chi connectivity index (χ2n) is 36.3. The van der Waals surface area contributed by atoms with Gasteiger partial charge in [-0.15, -0.1) is 0 Å². The Hall–Kier alpha value is -17.1. The molecule has 0 aliphatic rings. The summed E-state index contributed by atoms with van der Waals surface area (Å²) in [6.45, 7) is 17.4. The maximum absolute atomic E-state index is 5.29. The van der Waals surface area contributed by atoms with Crippen LogP contribution < -0.4 is 0 Å². The van der Waals surface area contributed by atoms with Crippen molar-refractivity contribution in [3.05, 3.63) is 445 Å². The number of hydrogen-bond donors (Lipinski definition) is 0. The van der Waals surface area contributed by atoms with Gasteiger partial charge in [0.15, 0.2) is 11.6 Å². The van der Waals surface area contributed by atoms with Crippen LogP contribution >= 0.6 is 0 Å². The fourth-order valence-electron chi connectivity index (χ4n) is 21.3. The largest absolute Gasteiger partial charge is 0.309 e. The summed E-state index contributed by atoms with van der Waals surface area (Å²) in [5, 5.41) is 14.8. The molecule has 636 valence electrons. The van der Waals surface area contributed by atoms with E-state index in [0.717, 1.165) is 146 Å². The zero-order chi connectivity index (χ0) is 89.8. The van der Waals surface area contributed by atoms with Crippen LogP contribution in [0, 0.1) is 55.4 Å². The first-order chi connectivity index (χ1) is 65.7. The highest BCUT2D eigenvalue weighted by atomic mass is 15.0. The number of rotatable bonds is 12. The number of fused-ring (bicyclic) bond motifs is 18. The van der Waals surface area contributed by atoms with Gasteiger partial charge in [0, 0.05) is 132 Å². The molecule has 8 heterocycles. The number of hydrogen-bond acceptors (Lipinski definition) is 4. The van der Waals surface area contributed by atoms with Crippen molar-refractivity contribution in [1.82, 2.24) is 47.3 Å². The van der Waals surface area contributed by atoms with E-state index in [9.17, 15) is 0 Å². The molecule has 0 aliphatic carbocycles. The Morgan fingerprint density at radius 2 is 0.410 bits per heavy atom. The monoisotopic (exact) mass is 1720 g/mol. The molecule has 10 heteroatoms. The van der Waals surface area contributed by atoms with Gasteiger partial charge in [-0.05, 0) is 235 Å². The smallest absolute Gasteiger partial charge is 0.160 e. The van der Waals surface area contributed by atoms with Crippen molar-refractivity contribution in [2.24, 2.45) is 0 Å². The van der Waals surface area contributed by atoms with E-state index in [0.29, 0.717) is 0 Å². The number of para-hydroxylation sites is 8. The lowest BCUT2D eigenvalue weighted by Crippen LogP contribution is -2.01. The molecule has 26 rings (SSSR count). The molecule has 8 aromatic heterocycles. The maximum Gasteiger partial charge on any atom is 0.160 e. The van der Waals surface area contributed by atoms with E-state index >= 15 is 0 Å². The zero-order valence-electron chi connectivity index (χ0n) is 75.6. The Labute approximate surface area is 775 Å². The van der Waals surface area contributed by atoms with Crippen LogP contribution in [0.1, 0.15) is 44.5 Å². The molecule has 134 heavy (non-hydrogen) atoms. The van der Waals surface area contributed by atoms with Gasteiger partial charge in [0.2, 0.25) is 0 Å². The van der Waals surface area contributed by atoms with E-state index in [2.05, 4.69) is 483 Å². The molecule has 26 aromatic rings. The molecule has 0 N–H and O–H groups in total. The summed E-state index contributed by atoms with van der Waals surface area (Å²) in [5.41, 5.74) is 40.4. The van der Waals surface area contributed by atoms with E-state index < -0.39 is 0 Å². The van der Waals surface area contributed by atoms with Crippen molar-refractivity contribution in [2.45, 2.75) is 55.4 Å². The first-order valence-electron chi connectivity index (χ1n) is 46.1. The van der Waals surface area contributed by atoms with Crippen molar-refractivity contribution in [1.29, 1.82) is 0 Å². The predicted molar refractivity (Wildman–Crippen MR) is 561 cm³/mol. The van der Waals surface area contributed by atoms with Crippen LogP contribution in [-0.4, -0.2) is 47.3 Å². The highest BCUT2D eigenvalue weighted by Crippen LogP contribution is 2.46. The molecule has 0 fully saturated rings. The zero-order valence-corrected chi connectivity index (χ0v) is 75.6. The minimum atomic E-state index is 0.717.